The highest BCUT2D eigenvalue weighted by Gasteiger charge is 2.32. The van der Waals surface area contributed by atoms with Gasteiger partial charge in [-0.1, -0.05) is 0 Å². The van der Waals surface area contributed by atoms with E-state index in [1.807, 2.05) is 25.1 Å². The fourth-order valence-corrected chi connectivity index (χ4v) is 2.54. The van der Waals surface area contributed by atoms with E-state index in [0.29, 0.717) is 11.3 Å². The van der Waals surface area contributed by atoms with Gasteiger partial charge in [-0.15, -0.1) is 0 Å². The van der Waals surface area contributed by atoms with Gasteiger partial charge in [0.15, 0.2) is 0 Å². The maximum absolute atomic E-state index is 12.0. The lowest BCUT2D eigenvalue weighted by atomic mass is 10.1. The molecule has 1 aliphatic rings. The highest BCUT2D eigenvalue weighted by atomic mass is 16.6. The Balaban J connectivity index is 1.93. The molecule has 2 rings (SSSR count). The number of carbonyl (C=O) groups excluding carboxylic acids is 1. The summed E-state index contributed by atoms with van der Waals surface area (Å²) >= 11 is 0. The van der Waals surface area contributed by atoms with Gasteiger partial charge in [0.1, 0.15) is 6.61 Å². The van der Waals surface area contributed by atoms with Crippen LogP contribution >= 0.6 is 0 Å². The van der Waals surface area contributed by atoms with Gasteiger partial charge in [0.2, 0.25) is 0 Å². The molecule has 116 valence electrons. The van der Waals surface area contributed by atoms with Gasteiger partial charge in [0, 0.05) is 14.1 Å². The molecule has 1 heterocycles. The third-order valence-corrected chi connectivity index (χ3v) is 3.70. The van der Waals surface area contributed by atoms with E-state index in [1.165, 1.54) is 0 Å². The Bertz CT molecular complexity index is 526. The smallest absolute Gasteiger partial charge is 0.338 e. The Morgan fingerprint density at radius 1 is 1.48 bits per heavy atom. The van der Waals surface area contributed by atoms with Crippen LogP contribution in [0.5, 0.6) is 0 Å². The first kappa shape index (κ1) is 15.6. The third kappa shape index (κ3) is 3.88. The molecule has 1 aromatic carbocycles. The van der Waals surface area contributed by atoms with E-state index in [4.69, 9.17) is 15.2 Å². The molecule has 0 aromatic heterocycles. The summed E-state index contributed by atoms with van der Waals surface area (Å²) in [7, 11) is 3.81. The predicted molar refractivity (Wildman–Crippen MR) is 83.6 cm³/mol. The van der Waals surface area contributed by atoms with Gasteiger partial charge in [0.05, 0.1) is 28.6 Å². The van der Waals surface area contributed by atoms with Crippen LogP contribution in [0.4, 0.5) is 11.4 Å². The van der Waals surface area contributed by atoms with Crippen LogP contribution in [0.3, 0.4) is 0 Å². The summed E-state index contributed by atoms with van der Waals surface area (Å²) < 4.78 is 11.1. The summed E-state index contributed by atoms with van der Waals surface area (Å²) in [5.41, 5.74) is 7.74. The van der Waals surface area contributed by atoms with Crippen molar-refractivity contribution in [3.05, 3.63) is 23.8 Å². The number of benzene rings is 1. The first-order valence-corrected chi connectivity index (χ1v) is 7.20. The van der Waals surface area contributed by atoms with Crippen LogP contribution in [0.15, 0.2) is 18.2 Å². The zero-order valence-corrected chi connectivity index (χ0v) is 13.2. The lowest BCUT2D eigenvalue weighted by Crippen LogP contribution is -2.24. The molecule has 1 unspecified atom stereocenters. The fraction of sp³-hybridized carbons (Fsp3) is 0.562. The number of hydrogen-bond donors (Lipinski definition) is 1. The molecule has 1 aromatic rings. The molecule has 0 amide bonds. The SMILES string of the molecule is CN(C)c1ccc(C(=O)OCC2CCC(C)(C)O2)cc1N. The Morgan fingerprint density at radius 2 is 2.19 bits per heavy atom. The van der Waals surface area contributed by atoms with Crippen molar-refractivity contribution in [1.82, 2.24) is 0 Å². The summed E-state index contributed by atoms with van der Waals surface area (Å²) in [5, 5.41) is 0. The minimum Gasteiger partial charge on any atom is -0.459 e. The lowest BCUT2D eigenvalue weighted by molar-refractivity contribution is -0.0444. The second kappa shape index (κ2) is 5.93. The number of anilines is 2. The Hall–Kier alpha value is -1.75. The molecule has 5 nitrogen and oxygen atoms in total. The summed E-state index contributed by atoms with van der Waals surface area (Å²) in [6.07, 6.45) is 1.89. The zero-order valence-electron chi connectivity index (χ0n) is 13.2. The quantitative estimate of drug-likeness (QED) is 0.682. The van der Waals surface area contributed by atoms with Gasteiger partial charge < -0.3 is 20.1 Å². The van der Waals surface area contributed by atoms with E-state index >= 15 is 0 Å². The summed E-state index contributed by atoms with van der Waals surface area (Å²) in [6, 6.07) is 5.20. The molecule has 1 atom stereocenters. The van der Waals surface area contributed by atoms with Crippen molar-refractivity contribution in [3.63, 3.8) is 0 Å². The number of esters is 1. The van der Waals surface area contributed by atoms with Crippen molar-refractivity contribution >= 4 is 17.3 Å². The molecule has 0 aliphatic carbocycles. The van der Waals surface area contributed by atoms with Crippen molar-refractivity contribution in [1.29, 1.82) is 0 Å². The van der Waals surface area contributed by atoms with Crippen molar-refractivity contribution < 1.29 is 14.3 Å². The minimum absolute atomic E-state index is 0.0117. The fourth-order valence-electron chi connectivity index (χ4n) is 2.54. The van der Waals surface area contributed by atoms with Crippen molar-refractivity contribution in [2.45, 2.75) is 38.4 Å². The van der Waals surface area contributed by atoms with Gasteiger partial charge in [-0.05, 0) is 44.9 Å². The average Bonchev–Trinajstić information content (AvgIpc) is 2.75. The number of hydrogen-bond acceptors (Lipinski definition) is 5. The average molecular weight is 292 g/mol. The second-order valence-corrected chi connectivity index (χ2v) is 6.30. The van der Waals surface area contributed by atoms with Crippen LogP contribution in [0.1, 0.15) is 37.0 Å². The van der Waals surface area contributed by atoms with E-state index in [9.17, 15) is 4.79 Å². The first-order valence-electron chi connectivity index (χ1n) is 7.20. The Kier molecular flexibility index (Phi) is 4.42. The van der Waals surface area contributed by atoms with Crippen LogP contribution < -0.4 is 10.6 Å². The lowest BCUT2D eigenvalue weighted by Gasteiger charge is -2.19. The number of nitrogens with two attached hydrogens (primary N) is 1. The molecule has 0 radical (unpaired) electrons. The number of nitrogen functional groups attached to an aromatic ring is 1. The summed E-state index contributed by atoms with van der Waals surface area (Å²) in [4.78, 5) is 14.0. The number of nitrogens with zero attached hydrogens (tertiary/aromatic N) is 1. The van der Waals surface area contributed by atoms with Gasteiger partial charge in [-0.2, -0.15) is 0 Å². The van der Waals surface area contributed by atoms with Crippen LogP contribution in [0.25, 0.3) is 0 Å². The van der Waals surface area contributed by atoms with Crippen molar-refractivity contribution in [3.8, 4) is 0 Å². The second-order valence-electron chi connectivity index (χ2n) is 6.30. The molecule has 2 N–H and O–H groups in total. The molecular formula is C16H24N2O3. The number of ether oxygens (including phenoxy) is 2. The molecule has 0 saturated carbocycles. The van der Waals surface area contributed by atoms with Crippen LogP contribution in [-0.2, 0) is 9.47 Å². The Morgan fingerprint density at radius 3 is 2.71 bits per heavy atom. The largest absolute Gasteiger partial charge is 0.459 e. The molecule has 1 saturated heterocycles. The third-order valence-electron chi connectivity index (χ3n) is 3.70. The van der Waals surface area contributed by atoms with Gasteiger partial charge in [0.25, 0.3) is 0 Å². The van der Waals surface area contributed by atoms with E-state index in [-0.39, 0.29) is 24.3 Å². The zero-order chi connectivity index (χ0) is 15.6. The van der Waals surface area contributed by atoms with Crippen LogP contribution in [0, 0.1) is 0 Å². The molecule has 21 heavy (non-hydrogen) atoms. The minimum atomic E-state index is -0.361. The number of rotatable bonds is 4. The highest BCUT2D eigenvalue weighted by Crippen LogP contribution is 2.29. The van der Waals surface area contributed by atoms with E-state index in [0.717, 1.165) is 18.5 Å². The maximum atomic E-state index is 12.0. The predicted octanol–water partition coefficient (Wildman–Crippen LogP) is 2.45. The van der Waals surface area contributed by atoms with E-state index in [2.05, 4.69) is 13.8 Å². The normalized spacial score (nSPS) is 20.3. The molecule has 1 aliphatic heterocycles. The van der Waals surface area contributed by atoms with E-state index < -0.39 is 0 Å². The topological polar surface area (TPSA) is 64.8 Å². The van der Waals surface area contributed by atoms with Gasteiger partial charge in [-0.25, -0.2) is 4.79 Å². The molecular weight excluding hydrogens is 268 g/mol. The monoisotopic (exact) mass is 292 g/mol. The number of carbonyl (C=O) groups is 1. The summed E-state index contributed by atoms with van der Waals surface area (Å²) in [6.45, 7) is 4.39. The van der Waals surface area contributed by atoms with Crippen molar-refractivity contribution in [2.24, 2.45) is 0 Å². The van der Waals surface area contributed by atoms with Gasteiger partial charge in [-0.3, -0.25) is 0 Å². The van der Waals surface area contributed by atoms with E-state index in [1.54, 1.807) is 12.1 Å². The van der Waals surface area contributed by atoms with Gasteiger partial charge >= 0.3 is 5.97 Å². The maximum Gasteiger partial charge on any atom is 0.338 e. The highest BCUT2D eigenvalue weighted by molar-refractivity contribution is 5.92. The van der Waals surface area contributed by atoms with Crippen LogP contribution in [0.2, 0.25) is 0 Å². The molecule has 1 fully saturated rings. The Labute approximate surface area is 126 Å². The first-order chi connectivity index (χ1) is 9.78. The molecule has 0 spiro atoms. The molecule has 0 bridgehead atoms. The standard InChI is InChI=1S/C16H24N2O3/c1-16(2)8-7-12(21-16)10-20-15(19)11-5-6-14(18(3)4)13(17)9-11/h5-6,9,12H,7-8,10,17H2,1-4H3. The van der Waals surface area contributed by atoms with Crippen LogP contribution in [-0.4, -0.2) is 38.4 Å². The summed E-state index contributed by atoms with van der Waals surface area (Å²) in [5.74, 6) is -0.361. The molecule has 5 heteroatoms. The van der Waals surface area contributed by atoms with Crippen molar-refractivity contribution in [2.75, 3.05) is 31.3 Å².